The highest BCUT2D eigenvalue weighted by Crippen LogP contribution is 2.35. The molecule has 1 atom stereocenters. The molecule has 0 amide bonds. The Morgan fingerprint density at radius 2 is 2.07 bits per heavy atom. The van der Waals surface area contributed by atoms with E-state index in [4.69, 9.17) is 16.3 Å². The molecule has 0 fully saturated rings. The van der Waals surface area contributed by atoms with Gasteiger partial charge in [-0.15, -0.1) is 0 Å². The number of aliphatic hydroxyl groups is 1. The molecule has 0 aliphatic rings. The molecule has 0 saturated heterocycles. The van der Waals surface area contributed by atoms with Crippen molar-refractivity contribution in [2.24, 2.45) is 0 Å². The Kier molecular flexibility index (Phi) is 4.00. The molecule has 1 aromatic rings. The highest BCUT2D eigenvalue weighted by molar-refractivity contribution is 6.31. The molecule has 15 heavy (non-hydrogen) atoms. The Morgan fingerprint density at radius 3 is 2.53 bits per heavy atom. The molecule has 0 saturated carbocycles. The van der Waals surface area contributed by atoms with E-state index in [1.807, 2.05) is 26.8 Å². The fraction of sp³-hybridized carbons (Fsp3) is 0.500. The molecule has 1 rings (SSSR count). The Hall–Kier alpha value is -0.730. The predicted octanol–water partition coefficient (Wildman–Crippen LogP) is 3.06. The molecule has 84 valence electrons. The molecule has 0 aromatic heterocycles. The normalized spacial score (nSPS) is 12.7. The van der Waals surface area contributed by atoms with Crippen LogP contribution in [0.4, 0.5) is 0 Å². The van der Waals surface area contributed by atoms with Gasteiger partial charge >= 0.3 is 0 Å². The van der Waals surface area contributed by atoms with Crippen LogP contribution >= 0.6 is 11.6 Å². The summed E-state index contributed by atoms with van der Waals surface area (Å²) in [5, 5.41) is 9.87. The number of aliphatic hydroxyl groups excluding tert-OH is 1. The fourth-order valence-electron chi connectivity index (χ4n) is 1.94. The number of methoxy groups -OCH3 is 1. The first-order valence-electron chi connectivity index (χ1n) is 4.97. The molecule has 0 spiro atoms. The molecule has 0 aliphatic heterocycles. The lowest BCUT2D eigenvalue weighted by Crippen LogP contribution is -2.05. The van der Waals surface area contributed by atoms with E-state index in [9.17, 15) is 5.11 Å². The maximum Gasteiger partial charge on any atom is 0.125 e. The van der Waals surface area contributed by atoms with Gasteiger partial charge in [0.1, 0.15) is 5.75 Å². The summed E-state index contributed by atoms with van der Waals surface area (Å²) in [7, 11) is 1.65. The minimum Gasteiger partial charge on any atom is -0.496 e. The average molecular weight is 229 g/mol. The summed E-state index contributed by atoms with van der Waals surface area (Å²) in [5.41, 5.74) is 3.01. The molecule has 1 N–H and O–H groups in total. The smallest absolute Gasteiger partial charge is 0.125 e. The van der Waals surface area contributed by atoms with Gasteiger partial charge in [-0.1, -0.05) is 18.5 Å². The summed E-state index contributed by atoms with van der Waals surface area (Å²) < 4.78 is 5.33. The number of hydrogen-bond donors (Lipinski definition) is 1. The summed E-state index contributed by atoms with van der Waals surface area (Å²) in [6.07, 6.45) is 0. The first kappa shape index (κ1) is 12.3. The quantitative estimate of drug-likeness (QED) is 0.862. The Morgan fingerprint density at radius 1 is 1.47 bits per heavy atom. The van der Waals surface area contributed by atoms with Crippen molar-refractivity contribution in [1.29, 1.82) is 0 Å². The Bertz CT molecular complexity index is 361. The third-order valence-electron chi connectivity index (χ3n) is 2.67. The Balaban J connectivity index is 3.38. The number of benzene rings is 1. The number of halogens is 1. The number of aryl methyl sites for hydroxylation is 1. The van der Waals surface area contributed by atoms with Crippen LogP contribution < -0.4 is 4.74 Å². The second-order valence-electron chi connectivity index (χ2n) is 3.83. The van der Waals surface area contributed by atoms with Crippen LogP contribution in [0, 0.1) is 13.8 Å². The highest BCUT2D eigenvalue weighted by atomic mass is 35.5. The third-order valence-corrected chi connectivity index (χ3v) is 2.99. The van der Waals surface area contributed by atoms with Gasteiger partial charge in [-0.05, 0) is 36.6 Å². The molecule has 1 aromatic carbocycles. The van der Waals surface area contributed by atoms with Crippen LogP contribution in [0.3, 0.4) is 0 Å². The fourth-order valence-corrected chi connectivity index (χ4v) is 2.43. The summed E-state index contributed by atoms with van der Waals surface area (Å²) in [6, 6.07) is 1.88. The molecule has 3 heteroatoms. The van der Waals surface area contributed by atoms with Crippen LogP contribution in [0.25, 0.3) is 0 Å². The van der Waals surface area contributed by atoms with Crippen molar-refractivity contribution in [3.63, 3.8) is 0 Å². The van der Waals surface area contributed by atoms with E-state index in [1.54, 1.807) is 7.11 Å². The van der Waals surface area contributed by atoms with Gasteiger partial charge in [0, 0.05) is 17.5 Å². The lowest BCUT2D eigenvalue weighted by Gasteiger charge is -2.18. The summed E-state index contributed by atoms with van der Waals surface area (Å²) in [5.74, 6) is 0.890. The van der Waals surface area contributed by atoms with Crippen molar-refractivity contribution in [2.75, 3.05) is 13.7 Å². The van der Waals surface area contributed by atoms with E-state index in [0.717, 1.165) is 22.4 Å². The van der Waals surface area contributed by atoms with Crippen molar-refractivity contribution in [1.82, 2.24) is 0 Å². The van der Waals surface area contributed by atoms with E-state index < -0.39 is 0 Å². The van der Waals surface area contributed by atoms with Gasteiger partial charge < -0.3 is 9.84 Å². The second kappa shape index (κ2) is 4.86. The average Bonchev–Trinajstić information content (AvgIpc) is 2.17. The van der Waals surface area contributed by atoms with E-state index in [-0.39, 0.29) is 12.5 Å². The van der Waals surface area contributed by atoms with E-state index in [1.165, 1.54) is 0 Å². The Labute approximate surface area is 95.8 Å². The van der Waals surface area contributed by atoms with Crippen LogP contribution in [0.15, 0.2) is 6.07 Å². The topological polar surface area (TPSA) is 29.5 Å². The number of rotatable bonds is 3. The zero-order valence-electron chi connectivity index (χ0n) is 9.60. The van der Waals surface area contributed by atoms with Crippen LogP contribution in [-0.2, 0) is 0 Å². The van der Waals surface area contributed by atoms with Crippen LogP contribution in [0.1, 0.15) is 29.5 Å². The van der Waals surface area contributed by atoms with Gasteiger partial charge in [-0.3, -0.25) is 0 Å². The van der Waals surface area contributed by atoms with Gasteiger partial charge in [0.2, 0.25) is 0 Å². The lowest BCUT2D eigenvalue weighted by atomic mass is 9.94. The maximum absolute atomic E-state index is 9.17. The maximum atomic E-state index is 9.17. The lowest BCUT2D eigenvalue weighted by molar-refractivity contribution is 0.272. The zero-order valence-corrected chi connectivity index (χ0v) is 10.4. The predicted molar refractivity (Wildman–Crippen MR) is 63.0 cm³/mol. The monoisotopic (exact) mass is 228 g/mol. The van der Waals surface area contributed by atoms with Gasteiger partial charge in [0.15, 0.2) is 0 Å². The minimum absolute atomic E-state index is 0.0343. The van der Waals surface area contributed by atoms with Crippen LogP contribution in [-0.4, -0.2) is 18.8 Å². The minimum atomic E-state index is 0.0343. The molecular weight excluding hydrogens is 212 g/mol. The molecule has 0 heterocycles. The van der Waals surface area contributed by atoms with Gasteiger partial charge in [-0.2, -0.15) is 0 Å². The molecule has 1 unspecified atom stereocenters. The summed E-state index contributed by atoms with van der Waals surface area (Å²) in [6.45, 7) is 5.97. The van der Waals surface area contributed by atoms with Crippen molar-refractivity contribution < 1.29 is 9.84 Å². The standard InChI is InChI=1S/C12H17ClO2/c1-7-5-10(13)11(8(2)6-14)9(3)12(7)15-4/h5,8,14H,6H2,1-4H3. The van der Waals surface area contributed by atoms with Gasteiger partial charge in [0.05, 0.1) is 7.11 Å². The second-order valence-corrected chi connectivity index (χ2v) is 4.24. The SMILES string of the molecule is COc1c(C)cc(Cl)c(C(C)CO)c1C. The van der Waals surface area contributed by atoms with E-state index in [2.05, 4.69) is 0 Å². The van der Waals surface area contributed by atoms with Crippen LogP contribution in [0.2, 0.25) is 5.02 Å². The van der Waals surface area contributed by atoms with Crippen molar-refractivity contribution in [3.05, 3.63) is 27.8 Å². The van der Waals surface area contributed by atoms with Gasteiger partial charge in [-0.25, -0.2) is 0 Å². The first-order chi connectivity index (χ1) is 7.02. The van der Waals surface area contributed by atoms with E-state index >= 15 is 0 Å². The molecule has 0 radical (unpaired) electrons. The number of ether oxygens (including phenoxy) is 1. The molecule has 0 bridgehead atoms. The zero-order chi connectivity index (χ0) is 11.6. The molecule has 2 nitrogen and oxygen atoms in total. The number of hydrogen-bond acceptors (Lipinski definition) is 2. The largest absolute Gasteiger partial charge is 0.496 e. The summed E-state index contributed by atoms with van der Waals surface area (Å²) >= 11 is 6.17. The van der Waals surface area contributed by atoms with Crippen molar-refractivity contribution >= 4 is 11.6 Å². The van der Waals surface area contributed by atoms with Gasteiger partial charge in [0.25, 0.3) is 0 Å². The summed E-state index contributed by atoms with van der Waals surface area (Å²) in [4.78, 5) is 0. The highest BCUT2D eigenvalue weighted by Gasteiger charge is 2.17. The van der Waals surface area contributed by atoms with Crippen molar-refractivity contribution in [3.8, 4) is 5.75 Å². The third kappa shape index (κ3) is 2.27. The molecule has 0 aliphatic carbocycles. The van der Waals surface area contributed by atoms with Crippen molar-refractivity contribution in [2.45, 2.75) is 26.7 Å². The first-order valence-corrected chi connectivity index (χ1v) is 5.35. The van der Waals surface area contributed by atoms with E-state index in [0.29, 0.717) is 5.02 Å². The van der Waals surface area contributed by atoms with Crippen LogP contribution in [0.5, 0.6) is 5.75 Å². The molecular formula is C12H17ClO2.